The number of aliphatic hydroxyl groups excluding tert-OH is 2. The van der Waals surface area contributed by atoms with Gasteiger partial charge >= 0.3 is 5.97 Å². The van der Waals surface area contributed by atoms with E-state index in [0.29, 0.717) is 19.3 Å². The lowest BCUT2D eigenvalue weighted by atomic mass is 10.0. The lowest BCUT2D eigenvalue weighted by molar-refractivity contribution is -0.151. The molecular formula is C60H103NO5. The third-order valence-corrected chi connectivity index (χ3v) is 12.1. The molecule has 3 N–H and O–H groups in total. The van der Waals surface area contributed by atoms with Crippen molar-refractivity contribution in [3.63, 3.8) is 0 Å². The molecule has 0 radical (unpaired) electrons. The lowest BCUT2D eigenvalue weighted by Gasteiger charge is -2.24. The molecule has 0 aromatic rings. The smallest absolute Gasteiger partial charge is 0.306 e. The maximum Gasteiger partial charge on any atom is 0.306 e. The Bertz CT molecular complexity index is 1310. The Morgan fingerprint density at radius 1 is 0.439 bits per heavy atom. The number of aliphatic hydroxyl groups is 2. The van der Waals surface area contributed by atoms with Gasteiger partial charge in [-0.2, -0.15) is 0 Å². The van der Waals surface area contributed by atoms with Crippen molar-refractivity contribution in [1.82, 2.24) is 5.32 Å². The van der Waals surface area contributed by atoms with E-state index in [1.807, 2.05) is 36.5 Å². The quantitative estimate of drug-likeness (QED) is 0.0321. The van der Waals surface area contributed by atoms with Crippen LogP contribution in [0.4, 0.5) is 0 Å². The number of amides is 1. The van der Waals surface area contributed by atoms with Crippen molar-refractivity contribution >= 4 is 11.9 Å². The molecule has 6 heteroatoms. The average molecular weight is 918 g/mol. The molecule has 0 aliphatic rings. The molecule has 0 spiro atoms. The monoisotopic (exact) mass is 918 g/mol. The molecule has 0 rings (SSSR count). The summed E-state index contributed by atoms with van der Waals surface area (Å²) in [6.07, 6.45) is 70.3. The van der Waals surface area contributed by atoms with Crippen LogP contribution in [0.2, 0.25) is 0 Å². The Kier molecular flexibility index (Phi) is 50.2. The zero-order valence-corrected chi connectivity index (χ0v) is 43.0. The van der Waals surface area contributed by atoms with Gasteiger partial charge in [0.2, 0.25) is 5.91 Å². The van der Waals surface area contributed by atoms with Gasteiger partial charge in [-0.1, -0.05) is 259 Å². The molecular weight excluding hydrogens is 815 g/mol. The summed E-state index contributed by atoms with van der Waals surface area (Å²) < 4.78 is 5.92. The predicted molar refractivity (Wildman–Crippen MR) is 287 cm³/mol. The molecule has 66 heavy (non-hydrogen) atoms. The van der Waals surface area contributed by atoms with E-state index < -0.39 is 18.2 Å². The van der Waals surface area contributed by atoms with Gasteiger partial charge in [0.1, 0.15) is 6.10 Å². The second-order valence-electron chi connectivity index (χ2n) is 18.5. The number of esters is 1. The van der Waals surface area contributed by atoms with Gasteiger partial charge in [0, 0.05) is 6.42 Å². The number of ether oxygens (including phenoxy) is 1. The summed E-state index contributed by atoms with van der Waals surface area (Å²) in [5.41, 5.74) is 0. The molecule has 0 saturated carbocycles. The number of hydrogen-bond acceptors (Lipinski definition) is 5. The highest BCUT2D eigenvalue weighted by Crippen LogP contribution is 2.17. The Hall–Kier alpha value is -3.22. The summed E-state index contributed by atoms with van der Waals surface area (Å²) in [4.78, 5) is 26.2. The van der Waals surface area contributed by atoms with Crippen molar-refractivity contribution in [3.05, 3.63) is 97.2 Å². The number of hydrogen-bond donors (Lipinski definition) is 3. The number of carbonyl (C=O) groups is 2. The molecule has 378 valence electrons. The third-order valence-electron chi connectivity index (χ3n) is 12.1. The number of nitrogens with one attached hydrogen (secondary N) is 1. The summed E-state index contributed by atoms with van der Waals surface area (Å²) >= 11 is 0. The van der Waals surface area contributed by atoms with Gasteiger partial charge in [-0.05, 0) is 70.6 Å². The van der Waals surface area contributed by atoms with Crippen molar-refractivity contribution in [1.29, 1.82) is 0 Å². The van der Waals surface area contributed by atoms with E-state index in [1.165, 1.54) is 103 Å². The number of carbonyl (C=O) groups excluding carboxylic acids is 2. The van der Waals surface area contributed by atoms with Crippen LogP contribution in [0, 0.1) is 0 Å². The fraction of sp³-hybridized carbons (Fsp3) is 0.700. The second-order valence-corrected chi connectivity index (χ2v) is 18.5. The Balaban J connectivity index is 4.73. The van der Waals surface area contributed by atoms with Gasteiger partial charge in [0.05, 0.1) is 25.2 Å². The van der Waals surface area contributed by atoms with E-state index in [2.05, 4.69) is 86.8 Å². The average Bonchev–Trinajstić information content (AvgIpc) is 3.31. The van der Waals surface area contributed by atoms with Gasteiger partial charge in [-0.25, -0.2) is 0 Å². The molecule has 0 heterocycles. The number of allylic oxidation sites excluding steroid dienone is 16. The third kappa shape index (κ3) is 47.3. The van der Waals surface area contributed by atoms with Crippen molar-refractivity contribution < 1.29 is 24.5 Å². The Morgan fingerprint density at radius 3 is 1.24 bits per heavy atom. The molecule has 1 amide bonds. The van der Waals surface area contributed by atoms with E-state index in [1.54, 1.807) is 0 Å². The van der Waals surface area contributed by atoms with Crippen molar-refractivity contribution in [2.75, 3.05) is 6.61 Å². The van der Waals surface area contributed by atoms with Crippen LogP contribution in [-0.4, -0.2) is 46.9 Å². The topological polar surface area (TPSA) is 95.9 Å². The van der Waals surface area contributed by atoms with Gasteiger partial charge in [0.25, 0.3) is 0 Å². The van der Waals surface area contributed by atoms with E-state index in [0.717, 1.165) is 96.3 Å². The zero-order valence-electron chi connectivity index (χ0n) is 43.0. The van der Waals surface area contributed by atoms with Gasteiger partial charge < -0.3 is 20.3 Å². The molecule has 3 atom stereocenters. The molecule has 3 unspecified atom stereocenters. The highest BCUT2D eigenvalue weighted by Gasteiger charge is 2.24. The fourth-order valence-corrected chi connectivity index (χ4v) is 7.87. The minimum atomic E-state index is -0.809. The van der Waals surface area contributed by atoms with Crippen LogP contribution in [0.15, 0.2) is 97.2 Å². The minimum absolute atomic E-state index is 0.0360. The Labute approximate surface area is 407 Å². The summed E-state index contributed by atoms with van der Waals surface area (Å²) in [5.74, 6) is -0.543. The summed E-state index contributed by atoms with van der Waals surface area (Å²) in [6.45, 7) is 6.36. The van der Waals surface area contributed by atoms with E-state index in [-0.39, 0.29) is 24.9 Å². The zero-order chi connectivity index (χ0) is 48.1. The SMILES string of the molecule is CCC/C=C/C=C/C=C/C=C/C=C/CCCCCC(CC(=O)NC(CO)C(O)CCCCCCCCCCCCCCC)OC(=O)CCCCCCC/C=C/C=C/C=C/CCCCCCC. The van der Waals surface area contributed by atoms with E-state index in [9.17, 15) is 19.8 Å². The van der Waals surface area contributed by atoms with Crippen molar-refractivity contribution in [3.8, 4) is 0 Å². The Morgan fingerprint density at radius 2 is 0.803 bits per heavy atom. The largest absolute Gasteiger partial charge is 0.462 e. The van der Waals surface area contributed by atoms with Gasteiger partial charge in [-0.15, -0.1) is 0 Å². The first kappa shape index (κ1) is 62.8. The van der Waals surface area contributed by atoms with Crippen LogP contribution in [0.5, 0.6) is 0 Å². The summed E-state index contributed by atoms with van der Waals surface area (Å²) in [6, 6.07) is -0.726. The molecule has 0 aromatic carbocycles. The van der Waals surface area contributed by atoms with Gasteiger partial charge in [0.15, 0.2) is 0 Å². The van der Waals surface area contributed by atoms with Crippen LogP contribution in [-0.2, 0) is 14.3 Å². The van der Waals surface area contributed by atoms with Crippen LogP contribution >= 0.6 is 0 Å². The molecule has 0 aliphatic heterocycles. The molecule has 0 bridgehead atoms. The van der Waals surface area contributed by atoms with Gasteiger partial charge in [-0.3, -0.25) is 9.59 Å². The maximum atomic E-state index is 13.2. The second kappa shape index (κ2) is 52.7. The maximum absolute atomic E-state index is 13.2. The molecule has 0 fully saturated rings. The minimum Gasteiger partial charge on any atom is -0.462 e. The summed E-state index contributed by atoms with van der Waals surface area (Å²) in [7, 11) is 0. The van der Waals surface area contributed by atoms with Crippen LogP contribution in [0.1, 0.15) is 245 Å². The highest BCUT2D eigenvalue weighted by atomic mass is 16.5. The summed E-state index contributed by atoms with van der Waals surface area (Å²) in [5, 5.41) is 23.8. The first-order valence-corrected chi connectivity index (χ1v) is 27.6. The van der Waals surface area contributed by atoms with Crippen LogP contribution in [0.25, 0.3) is 0 Å². The van der Waals surface area contributed by atoms with E-state index >= 15 is 0 Å². The molecule has 0 aromatic heterocycles. The van der Waals surface area contributed by atoms with Crippen molar-refractivity contribution in [2.45, 2.75) is 264 Å². The first-order chi connectivity index (χ1) is 32.5. The standard InChI is InChI=1S/C60H103NO5/c1-4-7-10-13-16-19-22-25-27-29-30-32-35-38-41-44-47-50-53-60(65)66-56(51-48-45-42-39-36-34-31-28-26-23-20-17-14-11-8-5-2)54-59(64)61-57(55-62)58(63)52-49-46-43-40-37-33-24-21-18-15-12-9-6-3/h11,14,17,20,22-23,25-32,34,36,56-58,62-63H,4-10,12-13,15-16,18-19,21,24,33,35,37-55H2,1-3H3,(H,61,64)/b14-11+,20-17+,25-22+,26-23+,29-27+,31-28+,32-30+,36-34+. The molecule has 0 saturated heterocycles. The molecule has 6 nitrogen and oxygen atoms in total. The fourth-order valence-electron chi connectivity index (χ4n) is 7.87. The van der Waals surface area contributed by atoms with Crippen LogP contribution in [0.3, 0.4) is 0 Å². The lowest BCUT2D eigenvalue weighted by Crippen LogP contribution is -2.46. The first-order valence-electron chi connectivity index (χ1n) is 27.6. The normalized spacial score (nSPS) is 14.0. The molecule has 0 aliphatic carbocycles. The van der Waals surface area contributed by atoms with E-state index in [4.69, 9.17) is 4.74 Å². The predicted octanol–water partition coefficient (Wildman–Crippen LogP) is 16.9. The number of rotatable bonds is 48. The van der Waals surface area contributed by atoms with Crippen molar-refractivity contribution in [2.24, 2.45) is 0 Å². The highest BCUT2D eigenvalue weighted by molar-refractivity contribution is 5.77. The van der Waals surface area contributed by atoms with Crippen LogP contribution < -0.4 is 5.32 Å². The number of unbranched alkanes of at least 4 members (excludes halogenated alkanes) is 26.